The third-order valence-electron chi connectivity index (χ3n) is 4.21. The maximum atomic E-state index is 13.2. The zero-order valence-corrected chi connectivity index (χ0v) is 13.8. The number of carbonyl (C=O) groups is 1. The molecule has 1 unspecified atom stereocenters. The SMILES string of the molecule is O=C1NCCN(Cc2nnc(-c3cccnc3)o2)C1c1ccc(F)cc1. The second-order valence-electron chi connectivity index (χ2n) is 5.96. The van der Waals surface area contributed by atoms with Crippen molar-refractivity contribution in [1.82, 2.24) is 25.4 Å². The van der Waals surface area contributed by atoms with Crippen LogP contribution in [0.2, 0.25) is 0 Å². The average Bonchev–Trinajstić information content (AvgIpc) is 3.12. The molecular formula is C18H16FN5O2. The zero-order chi connectivity index (χ0) is 17.9. The Balaban J connectivity index is 1.56. The van der Waals surface area contributed by atoms with Crippen LogP contribution in [0.25, 0.3) is 11.5 Å². The van der Waals surface area contributed by atoms with E-state index in [2.05, 4.69) is 20.5 Å². The van der Waals surface area contributed by atoms with Gasteiger partial charge in [-0.15, -0.1) is 10.2 Å². The molecule has 1 aliphatic heterocycles. The van der Waals surface area contributed by atoms with Gasteiger partial charge in [0.1, 0.15) is 11.9 Å². The van der Waals surface area contributed by atoms with Crippen LogP contribution in [0.5, 0.6) is 0 Å². The van der Waals surface area contributed by atoms with Crippen molar-refractivity contribution in [2.45, 2.75) is 12.6 Å². The predicted octanol–water partition coefficient (Wildman–Crippen LogP) is 1.94. The minimum atomic E-state index is -0.530. The molecule has 3 heterocycles. The molecule has 3 aromatic rings. The first kappa shape index (κ1) is 16.3. The molecule has 0 bridgehead atoms. The first-order chi connectivity index (χ1) is 12.7. The van der Waals surface area contributed by atoms with Crippen LogP contribution in [0.4, 0.5) is 4.39 Å². The van der Waals surface area contributed by atoms with Crippen molar-refractivity contribution in [3.63, 3.8) is 0 Å². The van der Waals surface area contributed by atoms with E-state index < -0.39 is 6.04 Å². The highest BCUT2D eigenvalue weighted by Gasteiger charge is 2.32. The van der Waals surface area contributed by atoms with Crippen LogP contribution in [-0.2, 0) is 11.3 Å². The highest BCUT2D eigenvalue weighted by Crippen LogP contribution is 2.26. The molecule has 1 amide bonds. The molecule has 0 spiro atoms. The van der Waals surface area contributed by atoms with Crippen LogP contribution in [0.15, 0.2) is 53.2 Å². The van der Waals surface area contributed by atoms with Crippen molar-refractivity contribution in [3.05, 3.63) is 66.1 Å². The van der Waals surface area contributed by atoms with Gasteiger partial charge in [0.25, 0.3) is 0 Å². The van der Waals surface area contributed by atoms with Crippen LogP contribution < -0.4 is 5.32 Å². The molecule has 1 aromatic carbocycles. The van der Waals surface area contributed by atoms with Gasteiger partial charge in [0, 0.05) is 25.5 Å². The average molecular weight is 353 g/mol. The summed E-state index contributed by atoms with van der Waals surface area (Å²) in [7, 11) is 0. The van der Waals surface area contributed by atoms with E-state index in [1.165, 1.54) is 12.1 Å². The lowest BCUT2D eigenvalue weighted by atomic mass is 10.0. The molecular weight excluding hydrogens is 337 g/mol. The number of rotatable bonds is 4. The molecule has 0 radical (unpaired) electrons. The number of amides is 1. The van der Waals surface area contributed by atoms with E-state index in [9.17, 15) is 9.18 Å². The first-order valence-electron chi connectivity index (χ1n) is 8.21. The van der Waals surface area contributed by atoms with Crippen LogP contribution in [0, 0.1) is 5.82 Å². The summed E-state index contributed by atoms with van der Waals surface area (Å²) in [4.78, 5) is 18.4. The molecule has 1 fully saturated rings. The van der Waals surface area contributed by atoms with E-state index in [-0.39, 0.29) is 11.7 Å². The van der Waals surface area contributed by atoms with E-state index in [0.717, 1.165) is 11.1 Å². The van der Waals surface area contributed by atoms with Gasteiger partial charge in [0.05, 0.1) is 12.1 Å². The topological polar surface area (TPSA) is 84.2 Å². The van der Waals surface area contributed by atoms with Crippen LogP contribution in [0.1, 0.15) is 17.5 Å². The molecule has 132 valence electrons. The Morgan fingerprint density at radius 2 is 2.08 bits per heavy atom. The Morgan fingerprint density at radius 1 is 1.23 bits per heavy atom. The normalized spacial score (nSPS) is 17.9. The van der Waals surface area contributed by atoms with Gasteiger partial charge < -0.3 is 9.73 Å². The molecule has 8 heteroatoms. The molecule has 4 rings (SSSR count). The number of carbonyl (C=O) groups excluding carboxylic acids is 1. The van der Waals surface area contributed by atoms with Crippen molar-refractivity contribution in [2.24, 2.45) is 0 Å². The van der Waals surface area contributed by atoms with Gasteiger partial charge in [0.15, 0.2) is 0 Å². The quantitative estimate of drug-likeness (QED) is 0.772. The molecule has 2 aromatic heterocycles. The first-order valence-corrected chi connectivity index (χ1v) is 8.21. The zero-order valence-electron chi connectivity index (χ0n) is 13.8. The molecule has 7 nitrogen and oxygen atoms in total. The Labute approximate surface area is 148 Å². The lowest BCUT2D eigenvalue weighted by Crippen LogP contribution is -2.49. The fourth-order valence-corrected chi connectivity index (χ4v) is 2.99. The Hall–Kier alpha value is -3.13. The number of halogens is 1. The molecule has 1 saturated heterocycles. The number of pyridine rings is 1. The van der Waals surface area contributed by atoms with Gasteiger partial charge in [-0.25, -0.2) is 4.39 Å². The summed E-state index contributed by atoms with van der Waals surface area (Å²) in [6.45, 7) is 1.47. The van der Waals surface area contributed by atoms with Crippen LogP contribution >= 0.6 is 0 Å². The van der Waals surface area contributed by atoms with Crippen molar-refractivity contribution in [3.8, 4) is 11.5 Å². The number of hydrogen-bond donors (Lipinski definition) is 1. The lowest BCUT2D eigenvalue weighted by Gasteiger charge is -2.34. The van der Waals surface area contributed by atoms with Crippen molar-refractivity contribution in [2.75, 3.05) is 13.1 Å². The Morgan fingerprint density at radius 3 is 2.85 bits per heavy atom. The van der Waals surface area contributed by atoms with E-state index in [1.54, 1.807) is 30.6 Å². The fourth-order valence-electron chi connectivity index (χ4n) is 2.99. The monoisotopic (exact) mass is 353 g/mol. The fraction of sp³-hybridized carbons (Fsp3) is 0.222. The van der Waals surface area contributed by atoms with Gasteiger partial charge in [-0.1, -0.05) is 12.1 Å². The molecule has 1 N–H and O–H groups in total. The molecule has 0 saturated carbocycles. The summed E-state index contributed by atoms with van der Waals surface area (Å²) in [6.07, 6.45) is 3.31. The van der Waals surface area contributed by atoms with E-state index >= 15 is 0 Å². The minimum Gasteiger partial charge on any atom is -0.419 e. The van der Waals surface area contributed by atoms with E-state index in [0.29, 0.717) is 31.4 Å². The molecule has 0 aliphatic carbocycles. The summed E-state index contributed by atoms with van der Waals surface area (Å²) < 4.78 is 18.9. The van der Waals surface area contributed by atoms with E-state index in [1.807, 2.05) is 11.0 Å². The summed E-state index contributed by atoms with van der Waals surface area (Å²) in [5.41, 5.74) is 1.45. The summed E-state index contributed by atoms with van der Waals surface area (Å²) >= 11 is 0. The number of nitrogens with one attached hydrogen (secondary N) is 1. The van der Waals surface area contributed by atoms with Crippen molar-refractivity contribution in [1.29, 1.82) is 0 Å². The maximum absolute atomic E-state index is 13.2. The Bertz CT molecular complexity index is 897. The number of aromatic nitrogens is 3. The molecule has 26 heavy (non-hydrogen) atoms. The molecule has 1 atom stereocenters. The number of nitrogens with zero attached hydrogens (tertiary/aromatic N) is 4. The van der Waals surface area contributed by atoms with Gasteiger partial charge in [-0.2, -0.15) is 0 Å². The highest BCUT2D eigenvalue weighted by atomic mass is 19.1. The summed E-state index contributed by atoms with van der Waals surface area (Å²) in [6, 6.07) is 9.03. The smallest absolute Gasteiger partial charge is 0.249 e. The standard InChI is InChI=1S/C18H16FN5O2/c19-14-5-3-12(4-6-14)16-17(25)21-8-9-24(16)11-15-22-23-18(26-15)13-2-1-7-20-10-13/h1-7,10,16H,8-9,11H2,(H,21,25). The van der Waals surface area contributed by atoms with Gasteiger partial charge in [-0.05, 0) is 29.8 Å². The van der Waals surface area contributed by atoms with Gasteiger partial charge in [0.2, 0.25) is 17.7 Å². The predicted molar refractivity (Wildman–Crippen MR) is 90.1 cm³/mol. The van der Waals surface area contributed by atoms with Crippen molar-refractivity contribution >= 4 is 5.91 Å². The second kappa shape index (κ2) is 7.01. The third-order valence-corrected chi connectivity index (χ3v) is 4.21. The van der Waals surface area contributed by atoms with Crippen LogP contribution in [0.3, 0.4) is 0 Å². The largest absolute Gasteiger partial charge is 0.419 e. The number of piperazine rings is 1. The Kier molecular flexibility index (Phi) is 4.40. The number of hydrogen-bond acceptors (Lipinski definition) is 6. The minimum absolute atomic E-state index is 0.130. The number of benzene rings is 1. The maximum Gasteiger partial charge on any atom is 0.249 e. The molecule has 1 aliphatic rings. The van der Waals surface area contributed by atoms with Crippen molar-refractivity contribution < 1.29 is 13.6 Å². The summed E-state index contributed by atoms with van der Waals surface area (Å²) in [5.74, 6) is 0.322. The third kappa shape index (κ3) is 3.31. The van der Waals surface area contributed by atoms with Gasteiger partial charge in [-0.3, -0.25) is 14.7 Å². The lowest BCUT2D eigenvalue weighted by molar-refractivity contribution is -0.129. The van der Waals surface area contributed by atoms with Gasteiger partial charge >= 0.3 is 0 Å². The highest BCUT2D eigenvalue weighted by molar-refractivity contribution is 5.83. The van der Waals surface area contributed by atoms with Crippen LogP contribution in [-0.4, -0.2) is 39.1 Å². The van der Waals surface area contributed by atoms with E-state index in [4.69, 9.17) is 4.42 Å². The second-order valence-corrected chi connectivity index (χ2v) is 5.96. The summed E-state index contributed by atoms with van der Waals surface area (Å²) in [5, 5.41) is 11.0.